The van der Waals surface area contributed by atoms with Crippen LogP contribution in [0.1, 0.15) is 7.25 Å². The van der Waals surface area contributed by atoms with Crippen molar-refractivity contribution in [3.8, 4) is 0 Å². The summed E-state index contributed by atoms with van der Waals surface area (Å²) in [6.07, 6.45) is 5.62. The molecule has 8 nitrogen and oxygen atoms in total. The third kappa shape index (κ3) is 3.13. The Morgan fingerprint density at radius 3 is 2.82 bits per heavy atom. The van der Waals surface area contributed by atoms with E-state index in [2.05, 4.69) is 31.1 Å². The van der Waals surface area contributed by atoms with Crippen molar-refractivity contribution < 1.29 is 1.43 Å². The van der Waals surface area contributed by atoms with Gasteiger partial charge in [0.25, 0.3) is 0 Å². The average molecular weight is 300 g/mol. The van der Waals surface area contributed by atoms with E-state index >= 15 is 0 Å². The molecule has 0 saturated carbocycles. The van der Waals surface area contributed by atoms with Crippen LogP contribution in [0.4, 0.5) is 17.3 Å². The van der Waals surface area contributed by atoms with Gasteiger partial charge in [-0.2, -0.15) is 5.12 Å². The average Bonchev–Trinajstić information content (AvgIpc) is 2.94. The van der Waals surface area contributed by atoms with Crippen LogP contribution in [0.15, 0.2) is 36.8 Å². The number of pyridine rings is 1. The minimum Gasteiger partial charge on any atom is -0.340 e. The highest BCUT2D eigenvalue weighted by Gasteiger charge is 2.05. The summed E-state index contributed by atoms with van der Waals surface area (Å²) in [7, 11) is 3.68. The lowest BCUT2D eigenvalue weighted by Gasteiger charge is -2.17. The summed E-state index contributed by atoms with van der Waals surface area (Å²) in [6, 6.07) is 5.78. The standard InChI is InChI=1S/C14H18N8.H2/c1-10-17-12(9-13(18-10)20-21(3)15-2)19-11-4-6-22-7-5-16-14(22)8-11;/h4-9,15H,1-3H3,(H2,17,18,19,20);1H. The molecule has 0 fully saturated rings. The molecule has 0 aliphatic rings. The van der Waals surface area contributed by atoms with Crippen LogP contribution in [-0.2, 0) is 0 Å². The number of aryl methyl sites for hydroxylation is 1. The predicted molar refractivity (Wildman–Crippen MR) is 87.8 cm³/mol. The van der Waals surface area contributed by atoms with E-state index in [0.717, 1.165) is 17.2 Å². The number of hydrazine groups is 2. The lowest BCUT2D eigenvalue weighted by Crippen LogP contribution is -2.36. The molecule has 0 aliphatic carbocycles. The highest BCUT2D eigenvalue weighted by molar-refractivity contribution is 5.63. The quantitative estimate of drug-likeness (QED) is 0.620. The topological polar surface area (TPSA) is 82.4 Å². The van der Waals surface area contributed by atoms with Crippen molar-refractivity contribution in [3.05, 3.63) is 42.6 Å². The van der Waals surface area contributed by atoms with Gasteiger partial charge >= 0.3 is 0 Å². The molecule has 0 aromatic carbocycles. The summed E-state index contributed by atoms with van der Waals surface area (Å²) < 4.78 is 1.95. The van der Waals surface area contributed by atoms with Crippen molar-refractivity contribution in [1.82, 2.24) is 29.9 Å². The Morgan fingerprint density at radius 1 is 1.18 bits per heavy atom. The first-order valence-corrected chi connectivity index (χ1v) is 6.87. The molecule has 0 atom stereocenters. The first-order valence-electron chi connectivity index (χ1n) is 6.87. The van der Waals surface area contributed by atoms with E-state index in [0.29, 0.717) is 11.6 Å². The van der Waals surface area contributed by atoms with Crippen molar-refractivity contribution in [2.75, 3.05) is 24.8 Å². The van der Waals surface area contributed by atoms with Crippen molar-refractivity contribution in [3.63, 3.8) is 0 Å². The second-order valence-electron chi connectivity index (χ2n) is 4.81. The molecule has 0 amide bonds. The van der Waals surface area contributed by atoms with Crippen LogP contribution in [0.3, 0.4) is 0 Å². The number of nitrogens with zero attached hydrogens (tertiary/aromatic N) is 5. The molecule has 8 heteroatoms. The number of nitrogens with one attached hydrogen (secondary N) is 3. The fourth-order valence-electron chi connectivity index (χ4n) is 2.05. The van der Waals surface area contributed by atoms with Gasteiger partial charge in [-0.15, -0.1) is 0 Å². The summed E-state index contributed by atoms with van der Waals surface area (Å²) in [5.41, 5.74) is 7.85. The van der Waals surface area contributed by atoms with Crippen LogP contribution in [0.25, 0.3) is 5.65 Å². The van der Waals surface area contributed by atoms with Gasteiger partial charge in [0.15, 0.2) is 0 Å². The molecule has 3 aromatic heterocycles. The van der Waals surface area contributed by atoms with Crippen molar-refractivity contribution in [1.29, 1.82) is 0 Å². The summed E-state index contributed by atoms with van der Waals surface area (Å²) in [4.78, 5) is 13.0. The third-order valence-corrected chi connectivity index (χ3v) is 3.13. The predicted octanol–water partition coefficient (Wildman–Crippen LogP) is 1.82. The number of aromatic nitrogens is 4. The smallest absolute Gasteiger partial charge is 0.147 e. The maximum Gasteiger partial charge on any atom is 0.147 e. The van der Waals surface area contributed by atoms with Crippen LogP contribution in [0.5, 0.6) is 0 Å². The highest BCUT2D eigenvalue weighted by atomic mass is 15.7. The lowest BCUT2D eigenvalue weighted by molar-refractivity contribution is 0.316. The molecule has 0 radical (unpaired) electrons. The Hall–Kier alpha value is -2.71. The van der Waals surface area contributed by atoms with Gasteiger partial charge in [0.05, 0.1) is 0 Å². The van der Waals surface area contributed by atoms with E-state index in [1.165, 1.54) is 0 Å². The normalized spacial score (nSPS) is 11.1. The number of anilines is 3. The zero-order chi connectivity index (χ0) is 15.5. The molecule has 0 saturated heterocycles. The fourth-order valence-corrected chi connectivity index (χ4v) is 2.05. The summed E-state index contributed by atoms with van der Waals surface area (Å²) in [5.74, 6) is 2.10. The molecule has 3 heterocycles. The van der Waals surface area contributed by atoms with E-state index in [9.17, 15) is 0 Å². The third-order valence-electron chi connectivity index (χ3n) is 3.13. The van der Waals surface area contributed by atoms with E-state index < -0.39 is 0 Å². The zero-order valence-corrected chi connectivity index (χ0v) is 12.7. The van der Waals surface area contributed by atoms with Gasteiger partial charge in [-0.3, -0.25) is 5.43 Å². The molecule has 0 unspecified atom stereocenters. The van der Waals surface area contributed by atoms with Gasteiger partial charge in [-0.05, 0) is 13.0 Å². The number of imidazole rings is 1. The summed E-state index contributed by atoms with van der Waals surface area (Å²) >= 11 is 0. The minimum absolute atomic E-state index is 0. The van der Waals surface area contributed by atoms with Gasteiger partial charge in [0, 0.05) is 51.9 Å². The van der Waals surface area contributed by atoms with Gasteiger partial charge < -0.3 is 9.72 Å². The van der Waals surface area contributed by atoms with E-state index in [1.54, 1.807) is 11.3 Å². The number of hydrogen-bond acceptors (Lipinski definition) is 7. The second kappa shape index (κ2) is 5.96. The van der Waals surface area contributed by atoms with Crippen molar-refractivity contribution in [2.45, 2.75) is 6.92 Å². The van der Waals surface area contributed by atoms with Gasteiger partial charge in [0.2, 0.25) is 0 Å². The maximum absolute atomic E-state index is 4.40. The van der Waals surface area contributed by atoms with Gasteiger partial charge in [-0.25, -0.2) is 20.4 Å². The molecule has 0 bridgehead atoms. The molecule has 3 N–H and O–H groups in total. The molecule has 3 aromatic rings. The highest BCUT2D eigenvalue weighted by Crippen LogP contribution is 2.18. The van der Waals surface area contributed by atoms with Crippen LogP contribution < -0.4 is 16.2 Å². The Bertz CT molecular complexity index is 787. The maximum atomic E-state index is 4.40. The molecule has 0 aliphatic heterocycles. The Morgan fingerprint density at radius 2 is 2.00 bits per heavy atom. The largest absolute Gasteiger partial charge is 0.340 e. The van der Waals surface area contributed by atoms with E-state index in [4.69, 9.17) is 0 Å². The lowest BCUT2D eigenvalue weighted by atomic mass is 10.4. The molecular formula is C14H20N8. The summed E-state index contributed by atoms with van der Waals surface area (Å²) in [6.45, 7) is 1.85. The number of fused-ring (bicyclic) bond motifs is 1. The van der Waals surface area contributed by atoms with Gasteiger partial charge in [-0.1, -0.05) is 0 Å². The number of hydrogen-bond donors (Lipinski definition) is 3. The van der Waals surface area contributed by atoms with Gasteiger partial charge in [0.1, 0.15) is 23.1 Å². The minimum atomic E-state index is 0. The first kappa shape index (κ1) is 14.2. The monoisotopic (exact) mass is 300 g/mol. The second-order valence-corrected chi connectivity index (χ2v) is 4.81. The van der Waals surface area contributed by atoms with Crippen molar-refractivity contribution >= 4 is 23.0 Å². The van der Waals surface area contributed by atoms with Crippen LogP contribution >= 0.6 is 0 Å². The Kier molecular flexibility index (Phi) is 3.86. The number of rotatable bonds is 5. The SMILES string of the molecule is CNN(C)Nc1cc(Nc2ccn3ccnc3c2)nc(C)n1.[HH]. The van der Waals surface area contributed by atoms with Crippen LogP contribution in [0.2, 0.25) is 0 Å². The first-order chi connectivity index (χ1) is 10.6. The zero-order valence-electron chi connectivity index (χ0n) is 12.7. The van der Waals surface area contributed by atoms with Crippen LogP contribution in [-0.4, -0.2) is 38.6 Å². The molecule has 116 valence electrons. The Labute approximate surface area is 129 Å². The van der Waals surface area contributed by atoms with E-state index in [-0.39, 0.29) is 1.43 Å². The molecule has 22 heavy (non-hydrogen) atoms. The van der Waals surface area contributed by atoms with Crippen molar-refractivity contribution in [2.24, 2.45) is 0 Å². The van der Waals surface area contributed by atoms with Crippen LogP contribution in [0, 0.1) is 6.92 Å². The summed E-state index contributed by atoms with van der Waals surface area (Å²) in [5, 5.41) is 4.99. The molecular weight excluding hydrogens is 280 g/mol. The molecule has 3 rings (SSSR count). The molecule has 0 spiro atoms. The fraction of sp³-hybridized carbons (Fsp3) is 0.214. The Balaban J connectivity index is 0.00000192. The van der Waals surface area contributed by atoms with E-state index in [1.807, 2.05) is 56.0 Å².